The predicted molar refractivity (Wildman–Crippen MR) is 102 cm³/mol. The van der Waals surface area contributed by atoms with Crippen molar-refractivity contribution in [3.05, 3.63) is 57.8 Å². The molecule has 0 spiro atoms. The number of Topliss-reactive ketones (excluding diaryl/α,β-unsaturated/α-hetero) is 2. The summed E-state index contributed by atoms with van der Waals surface area (Å²) in [7, 11) is 0. The fraction of sp³-hybridized carbons (Fsp3) is 0.300. The quantitative estimate of drug-likeness (QED) is 0.500. The maximum absolute atomic E-state index is 12.1. The maximum Gasteiger partial charge on any atom is 0.306 e. The first-order chi connectivity index (χ1) is 13.0. The predicted octanol–water partition coefficient (Wildman–Crippen LogP) is 2.82. The Hall–Kier alpha value is -2.80. The van der Waals surface area contributed by atoms with E-state index >= 15 is 0 Å². The van der Waals surface area contributed by atoms with E-state index in [0.717, 1.165) is 4.88 Å². The van der Waals surface area contributed by atoms with Crippen LogP contribution in [0.1, 0.15) is 44.7 Å². The zero-order valence-electron chi connectivity index (χ0n) is 15.0. The number of hydrogen-bond acceptors (Lipinski definition) is 6. The molecule has 1 heterocycles. The molecule has 142 valence electrons. The van der Waals surface area contributed by atoms with Gasteiger partial charge in [0.2, 0.25) is 11.7 Å². The van der Waals surface area contributed by atoms with E-state index in [1.54, 1.807) is 30.3 Å². The molecule has 0 saturated heterocycles. The largest absolute Gasteiger partial charge is 0.457 e. The molecule has 0 unspecified atom stereocenters. The lowest BCUT2D eigenvalue weighted by molar-refractivity contribution is -0.142. The van der Waals surface area contributed by atoms with Crippen LogP contribution in [0.5, 0.6) is 0 Å². The topological polar surface area (TPSA) is 89.5 Å². The fourth-order valence-corrected chi connectivity index (χ4v) is 3.23. The van der Waals surface area contributed by atoms with Crippen molar-refractivity contribution in [1.29, 1.82) is 0 Å². The number of rotatable bonds is 10. The SMILES string of the molecule is CC(=O)NCCc1ccc(C(=O)COC(=O)CCC(=O)c2ccccc2)s1. The molecule has 27 heavy (non-hydrogen) atoms. The van der Waals surface area contributed by atoms with E-state index in [1.807, 2.05) is 12.1 Å². The Morgan fingerprint density at radius 3 is 2.41 bits per heavy atom. The van der Waals surface area contributed by atoms with Crippen LogP contribution >= 0.6 is 11.3 Å². The van der Waals surface area contributed by atoms with Gasteiger partial charge in [-0.1, -0.05) is 30.3 Å². The number of nitrogens with one attached hydrogen (secondary N) is 1. The molecule has 0 saturated carbocycles. The molecular formula is C20H21NO5S. The zero-order chi connectivity index (χ0) is 19.6. The monoisotopic (exact) mass is 387 g/mol. The van der Waals surface area contributed by atoms with E-state index in [0.29, 0.717) is 23.4 Å². The lowest BCUT2D eigenvalue weighted by Crippen LogP contribution is -2.22. The van der Waals surface area contributed by atoms with Gasteiger partial charge in [0, 0.05) is 30.3 Å². The number of carbonyl (C=O) groups is 4. The van der Waals surface area contributed by atoms with Crippen LogP contribution in [0.2, 0.25) is 0 Å². The van der Waals surface area contributed by atoms with Gasteiger partial charge in [-0.05, 0) is 18.6 Å². The third kappa shape index (κ3) is 7.15. The van der Waals surface area contributed by atoms with Gasteiger partial charge in [0.1, 0.15) is 0 Å². The second kappa shape index (κ2) is 10.4. The van der Waals surface area contributed by atoms with Gasteiger partial charge in [-0.2, -0.15) is 0 Å². The summed E-state index contributed by atoms with van der Waals surface area (Å²) < 4.78 is 4.98. The van der Waals surface area contributed by atoms with Gasteiger partial charge >= 0.3 is 5.97 Å². The average Bonchev–Trinajstić information content (AvgIpc) is 3.13. The number of benzene rings is 1. The van der Waals surface area contributed by atoms with Crippen LogP contribution in [0.15, 0.2) is 42.5 Å². The van der Waals surface area contributed by atoms with Crippen LogP contribution in [0, 0.1) is 0 Å². The Kier molecular flexibility index (Phi) is 7.88. The first-order valence-corrected chi connectivity index (χ1v) is 9.37. The minimum absolute atomic E-state index is 0.0450. The smallest absolute Gasteiger partial charge is 0.306 e. The van der Waals surface area contributed by atoms with E-state index < -0.39 is 5.97 Å². The van der Waals surface area contributed by atoms with Crippen molar-refractivity contribution in [1.82, 2.24) is 5.32 Å². The Labute approximate surface area is 161 Å². The van der Waals surface area contributed by atoms with Crippen LogP contribution in [0.3, 0.4) is 0 Å². The summed E-state index contributed by atoms with van der Waals surface area (Å²) in [6.45, 7) is 1.61. The summed E-state index contributed by atoms with van der Waals surface area (Å²) in [5.41, 5.74) is 0.548. The highest BCUT2D eigenvalue weighted by Gasteiger charge is 2.14. The van der Waals surface area contributed by atoms with Gasteiger partial charge in [0.05, 0.1) is 11.3 Å². The Bertz CT molecular complexity index is 813. The molecule has 0 radical (unpaired) electrons. The fourth-order valence-electron chi connectivity index (χ4n) is 2.30. The number of carbonyl (C=O) groups excluding carboxylic acids is 4. The van der Waals surface area contributed by atoms with Crippen molar-refractivity contribution in [2.45, 2.75) is 26.2 Å². The minimum atomic E-state index is -0.574. The first-order valence-electron chi connectivity index (χ1n) is 8.56. The van der Waals surface area contributed by atoms with E-state index in [1.165, 1.54) is 18.3 Å². The first kappa shape index (κ1) is 20.5. The van der Waals surface area contributed by atoms with Crippen molar-refractivity contribution >= 4 is 34.8 Å². The molecule has 1 N–H and O–H groups in total. The van der Waals surface area contributed by atoms with Crippen LogP contribution in [-0.2, 0) is 20.7 Å². The van der Waals surface area contributed by atoms with Gasteiger partial charge in [0.15, 0.2) is 12.4 Å². The summed E-state index contributed by atoms with van der Waals surface area (Å²) in [4.78, 5) is 48.1. The van der Waals surface area contributed by atoms with Crippen molar-refractivity contribution in [3.63, 3.8) is 0 Å². The van der Waals surface area contributed by atoms with Gasteiger partial charge in [-0.25, -0.2) is 0 Å². The third-order valence-electron chi connectivity index (χ3n) is 3.70. The number of thiophene rings is 1. The molecule has 0 atom stereocenters. The summed E-state index contributed by atoms with van der Waals surface area (Å²) >= 11 is 1.31. The Morgan fingerprint density at radius 2 is 1.70 bits per heavy atom. The van der Waals surface area contributed by atoms with Gasteiger partial charge in [-0.15, -0.1) is 11.3 Å². The van der Waals surface area contributed by atoms with Gasteiger partial charge in [0.25, 0.3) is 0 Å². The van der Waals surface area contributed by atoms with Crippen LogP contribution < -0.4 is 5.32 Å². The van der Waals surface area contributed by atoms with Crippen LogP contribution in [0.25, 0.3) is 0 Å². The van der Waals surface area contributed by atoms with Crippen molar-refractivity contribution in [2.75, 3.05) is 13.2 Å². The highest BCUT2D eigenvalue weighted by atomic mass is 32.1. The minimum Gasteiger partial charge on any atom is -0.457 e. The van der Waals surface area contributed by atoms with Crippen LogP contribution in [-0.4, -0.2) is 36.6 Å². The highest BCUT2D eigenvalue weighted by Crippen LogP contribution is 2.17. The molecule has 0 fully saturated rings. The molecule has 2 rings (SSSR count). The van der Waals surface area contributed by atoms with Gasteiger partial charge < -0.3 is 10.1 Å². The third-order valence-corrected chi connectivity index (χ3v) is 4.88. The Balaban J connectivity index is 1.71. The lowest BCUT2D eigenvalue weighted by Gasteiger charge is -2.03. The van der Waals surface area contributed by atoms with E-state index in [4.69, 9.17) is 4.74 Å². The lowest BCUT2D eigenvalue weighted by atomic mass is 10.1. The van der Waals surface area contributed by atoms with Crippen molar-refractivity contribution in [3.8, 4) is 0 Å². The maximum atomic E-state index is 12.1. The van der Waals surface area contributed by atoms with E-state index in [9.17, 15) is 19.2 Å². The van der Waals surface area contributed by atoms with Crippen molar-refractivity contribution in [2.24, 2.45) is 0 Å². The number of ether oxygens (including phenoxy) is 1. The zero-order valence-corrected chi connectivity index (χ0v) is 15.8. The molecule has 7 heteroatoms. The molecule has 0 aliphatic carbocycles. The molecule has 2 aromatic rings. The number of ketones is 2. The van der Waals surface area contributed by atoms with E-state index in [-0.39, 0.29) is 36.9 Å². The van der Waals surface area contributed by atoms with E-state index in [2.05, 4.69) is 5.32 Å². The molecule has 6 nitrogen and oxygen atoms in total. The molecule has 1 aromatic heterocycles. The van der Waals surface area contributed by atoms with Gasteiger partial charge in [-0.3, -0.25) is 19.2 Å². The molecule has 1 aromatic carbocycles. The second-order valence-corrected chi connectivity index (χ2v) is 7.04. The Morgan fingerprint density at radius 1 is 0.963 bits per heavy atom. The summed E-state index contributed by atoms with van der Waals surface area (Å²) in [6.07, 6.45) is 0.621. The molecule has 1 amide bonds. The second-order valence-electron chi connectivity index (χ2n) is 5.87. The summed E-state index contributed by atoms with van der Waals surface area (Å²) in [5, 5.41) is 2.69. The van der Waals surface area contributed by atoms with Crippen molar-refractivity contribution < 1.29 is 23.9 Å². The normalized spacial score (nSPS) is 10.3. The molecule has 0 aliphatic heterocycles. The molecule has 0 bridgehead atoms. The van der Waals surface area contributed by atoms with Crippen LogP contribution in [0.4, 0.5) is 0 Å². The molecule has 0 aliphatic rings. The highest BCUT2D eigenvalue weighted by molar-refractivity contribution is 7.14. The summed E-state index contributed by atoms with van der Waals surface area (Å²) in [5.74, 6) is -1.09. The summed E-state index contributed by atoms with van der Waals surface area (Å²) in [6, 6.07) is 12.2. The number of esters is 1. The standard InChI is InChI=1S/C20H21NO5S/c1-14(22)21-12-11-16-7-9-19(27-16)18(24)13-26-20(25)10-8-17(23)15-5-3-2-4-6-15/h2-7,9H,8,10-13H2,1H3,(H,21,22). The number of amides is 1. The molecular weight excluding hydrogens is 366 g/mol. The average molecular weight is 387 g/mol. The number of hydrogen-bond donors (Lipinski definition) is 1.